The number of aromatic nitrogens is 2. The van der Waals surface area contributed by atoms with Crippen molar-refractivity contribution in [3.8, 4) is 0 Å². The molecule has 0 aliphatic heterocycles. The van der Waals surface area contributed by atoms with Crippen LogP contribution in [0.1, 0.15) is 25.5 Å². The van der Waals surface area contributed by atoms with Gasteiger partial charge in [-0.05, 0) is 43.7 Å². The fourth-order valence-electron chi connectivity index (χ4n) is 2.81. The van der Waals surface area contributed by atoms with Gasteiger partial charge in [0.05, 0.1) is 23.3 Å². The standard InChI is InChI=1S/C21H20FN3O4/c1-13(15-7-9-16(22)10-8-15)24-20(27)14(2)29-19(26)11-25-12-23-18-6-4-3-5-17(18)21(25)28/h3-10,12-14H,11H2,1-2H3,(H,24,27)/t13-,14-/m0/s1. The van der Waals surface area contributed by atoms with E-state index >= 15 is 0 Å². The van der Waals surface area contributed by atoms with E-state index in [1.54, 1.807) is 43.3 Å². The van der Waals surface area contributed by atoms with E-state index < -0.39 is 24.0 Å². The van der Waals surface area contributed by atoms with Gasteiger partial charge < -0.3 is 10.1 Å². The number of fused-ring (bicyclic) bond motifs is 1. The van der Waals surface area contributed by atoms with Gasteiger partial charge in [0.1, 0.15) is 12.4 Å². The summed E-state index contributed by atoms with van der Waals surface area (Å²) in [6, 6.07) is 12.1. The molecule has 3 rings (SSSR count). The number of ether oxygens (including phenoxy) is 1. The van der Waals surface area contributed by atoms with Gasteiger partial charge in [0.2, 0.25) is 0 Å². The summed E-state index contributed by atoms with van der Waals surface area (Å²) < 4.78 is 19.3. The molecule has 1 amide bonds. The largest absolute Gasteiger partial charge is 0.451 e. The molecule has 2 aromatic carbocycles. The lowest BCUT2D eigenvalue weighted by Crippen LogP contribution is -2.38. The van der Waals surface area contributed by atoms with E-state index in [0.29, 0.717) is 16.5 Å². The Morgan fingerprint density at radius 3 is 2.55 bits per heavy atom. The summed E-state index contributed by atoms with van der Waals surface area (Å²) in [5, 5.41) is 3.09. The number of carbonyl (C=O) groups is 2. The van der Waals surface area contributed by atoms with Crippen LogP contribution in [0.15, 0.2) is 59.7 Å². The number of para-hydroxylation sites is 1. The second kappa shape index (κ2) is 8.64. The van der Waals surface area contributed by atoms with Gasteiger partial charge in [-0.1, -0.05) is 24.3 Å². The normalized spacial score (nSPS) is 12.9. The zero-order valence-corrected chi connectivity index (χ0v) is 16.0. The molecule has 1 heterocycles. The minimum atomic E-state index is -1.06. The van der Waals surface area contributed by atoms with Crippen LogP contribution in [0, 0.1) is 5.82 Å². The molecule has 0 unspecified atom stereocenters. The lowest BCUT2D eigenvalue weighted by atomic mass is 10.1. The molecule has 2 atom stereocenters. The summed E-state index contributed by atoms with van der Waals surface area (Å²) in [6.07, 6.45) is 0.210. The van der Waals surface area contributed by atoms with Crippen molar-refractivity contribution in [3.63, 3.8) is 0 Å². The molecule has 0 bridgehead atoms. The highest BCUT2D eigenvalue weighted by Gasteiger charge is 2.20. The molecule has 1 N–H and O–H groups in total. The van der Waals surface area contributed by atoms with Crippen LogP contribution in [-0.4, -0.2) is 27.5 Å². The van der Waals surface area contributed by atoms with E-state index in [1.165, 1.54) is 25.4 Å². The van der Waals surface area contributed by atoms with Crippen LogP contribution in [0.5, 0.6) is 0 Å². The van der Waals surface area contributed by atoms with Crippen LogP contribution in [0.4, 0.5) is 4.39 Å². The van der Waals surface area contributed by atoms with Crippen molar-refractivity contribution in [2.75, 3.05) is 0 Å². The Labute approximate surface area is 166 Å². The molecule has 150 valence electrons. The van der Waals surface area contributed by atoms with Gasteiger partial charge in [0.25, 0.3) is 11.5 Å². The van der Waals surface area contributed by atoms with Crippen LogP contribution in [-0.2, 0) is 20.9 Å². The maximum absolute atomic E-state index is 13.0. The molecule has 0 spiro atoms. The van der Waals surface area contributed by atoms with Crippen molar-refractivity contribution in [1.82, 2.24) is 14.9 Å². The number of hydrogen-bond donors (Lipinski definition) is 1. The Balaban J connectivity index is 1.60. The number of esters is 1. The Morgan fingerprint density at radius 1 is 1.14 bits per heavy atom. The quantitative estimate of drug-likeness (QED) is 0.645. The second-order valence-corrected chi connectivity index (χ2v) is 6.61. The van der Waals surface area contributed by atoms with Crippen LogP contribution < -0.4 is 10.9 Å². The molecule has 0 aliphatic carbocycles. The summed E-state index contributed by atoms with van der Waals surface area (Å²) in [5.74, 6) is -1.60. The highest BCUT2D eigenvalue weighted by molar-refractivity contribution is 5.83. The molecule has 0 aliphatic rings. The summed E-state index contributed by atoms with van der Waals surface area (Å²) >= 11 is 0. The molecule has 0 radical (unpaired) electrons. The third kappa shape index (κ3) is 4.84. The number of hydrogen-bond acceptors (Lipinski definition) is 5. The molecular weight excluding hydrogens is 377 g/mol. The molecule has 29 heavy (non-hydrogen) atoms. The zero-order valence-electron chi connectivity index (χ0n) is 16.0. The van der Waals surface area contributed by atoms with Crippen LogP contribution in [0.2, 0.25) is 0 Å². The van der Waals surface area contributed by atoms with Gasteiger partial charge in [-0.25, -0.2) is 9.37 Å². The van der Waals surface area contributed by atoms with Crippen molar-refractivity contribution in [2.24, 2.45) is 0 Å². The Morgan fingerprint density at radius 2 is 1.83 bits per heavy atom. The first-order chi connectivity index (χ1) is 13.8. The third-order valence-corrected chi connectivity index (χ3v) is 4.44. The van der Waals surface area contributed by atoms with Crippen molar-refractivity contribution < 1.29 is 18.7 Å². The zero-order chi connectivity index (χ0) is 21.0. The van der Waals surface area contributed by atoms with E-state index in [0.717, 1.165) is 4.57 Å². The molecule has 7 nitrogen and oxygen atoms in total. The first-order valence-corrected chi connectivity index (χ1v) is 9.04. The number of nitrogens with one attached hydrogen (secondary N) is 1. The van der Waals surface area contributed by atoms with Crippen molar-refractivity contribution in [3.05, 3.63) is 76.6 Å². The maximum Gasteiger partial charge on any atom is 0.326 e. The summed E-state index contributed by atoms with van der Waals surface area (Å²) in [6.45, 7) is 2.81. The molecule has 3 aromatic rings. The van der Waals surface area contributed by atoms with Gasteiger partial charge in [-0.3, -0.25) is 19.0 Å². The minimum Gasteiger partial charge on any atom is -0.451 e. The number of carbonyl (C=O) groups excluding carboxylic acids is 2. The number of benzene rings is 2. The van der Waals surface area contributed by atoms with E-state index in [4.69, 9.17) is 4.74 Å². The number of amides is 1. The second-order valence-electron chi connectivity index (χ2n) is 6.61. The SMILES string of the molecule is C[C@H](OC(=O)Cn1cnc2ccccc2c1=O)C(=O)N[C@@H](C)c1ccc(F)cc1. The third-order valence-electron chi connectivity index (χ3n) is 4.44. The van der Waals surface area contributed by atoms with E-state index in [1.807, 2.05) is 0 Å². The molecule has 1 aromatic heterocycles. The summed E-state index contributed by atoms with van der Waals surface area (Å²) in [7, 11) is 0. The topological polar surface area (TPSA) is 90.3 Å². The predicted octanol–water partition coefficient (Wildman–Crippen LogP) is 2.34. The minimum absolute atomic E-state index is 0.359. The predicted molar refractivity (Wildman–Crippen MR) is 105 cm³/mol. The molecule has 0 saturated heterocycles. The first kappa shape index (κ1) is 20.2. The summed E-state index contributed by atoms with van der Waals surface area (Å²) in [4.78, 5) is 41.0. The van der Waals surface area contributed by atoms with E-state index in [9.17, 15) is 18.8 Å². The maximum atomic E-state index is 13.0. The van der Waals surface area contributed by atoms with Gasteiger partial charge in [0, 0.05) is 0 Å². The van der Waals surface area contributed by atoms with Crippen molar-refractivity contribution in [2.45, 2.75) is 32.5 Å². The van der Waals surface area contributed by atoms with Gasteiger partial charge in [-0.2, -0.15) is 0 Å². The lowest BCUT2D eigenvalue weighted by Gasteiger charge is -2.18. The highest BCUT2D eigenvalue weighted by atomic mass is 19.1. The number of nitrogens with zero attached hydrogens (tertiary/aromatic N) is 2. The van der Waals surface area contributed by atoms with Crippen molar-refractivity contribution in [1.29, 1.82) is 0 Å². The van der Waals surface area contributed by atoms with E-state index in [2.05, 4.69) is 10.3 Å². The fourth-order valence-corrected chi connectivity index (χ4v) is 2.81. The Kier molecular flexibility index (Phi) is 6.01. The van der Waals surface area contributed by atoms with Crippen LogP contribution in [0.3, 0.4) is 0 Å². The average molecular weight is 397 g/mol. The van der Waals surface area contributed by atoms with Crippen LogP contribution >= 0.6 is 0 Å². The number of halogens is 1. The average Bonchev–Trinajstić information content (AvgIpc) is 2.70. The monoisotopic (exact) mass is 397 g/mol. The smallest absolute Gasteiger partial charge is 0.326 e. The summed E-state index contributed by atoms with van der Waals surface area (Å²) in [5.41, 5.74) is 0.881. The van der Waals surface area contributed by atoms with Crippen molar-refractivity contribution >= 4 is 22.8 Å². The molecule has 0 fully saturated rings. The highest BCUT2D eigenvalue weighted by Crippen LogP contribution is 2.13. The lowest BCUT2D eigenvalue weighted by molar-refractivity contribution is -0.155. The van der Waals surface area contributed by atoms with Gasteiger partial charge >= 0.3 is 5.97 Å². The number of rotatable bonds is 6. The van der Waals surface area contributed by atoms with Crippen LogP contribution in [0.25, 0.3) is 10.9 Å². The molecular formula is C21H20FN3O4. The first-order valence-electron chi connectivity index (χ1n) is 9.04. The Hall–Kier alpha value is -3.55. The fraction of sp³-hybridized carbons (Fsp3) is 0.238. The Bertz CT molecular complexity index is 1100. The molecule has 8 heteroatoms. The van der Waals surface area contributed by atoms with E-state index in [-0.39, 0.29) is 17.9 Å². The van der Waals surface area contributed by atoms with Gasteiger partial charge in [-0.15, -0.1) is 0 Å². The molecule has 0 saturated carbocycles. The van der Waals surface area contributed by atoms with Gasteiger partial charge in [0.15, 0.2) is 6.10 Å².